The average molecular weight is 399 g/mol. The van der Waals surface area contributed by atoms with Gasteiger partial charge in [0.05, 0.1) is 6.04 Å². The topological polar surface area (TPSA) is 79.0 Å². The molecule has 1 aromatic rings. The van der Waals surface area contributed by atoms with Crippen LogP contribution < -0.4 is 5.32 Å². The standard InChI is InChI=1S/C22H29N3O4/c1-15-5-3-4-6-16(15)19-20(29-13-18(27)24(19)2)21(28)25-11-9-22(10-12-25)8-7-17(26)23-14-22/h3-6,19-20H,7-14H2,1-2H3,(H,23,26)/t19-,20+/m1/s1. The fourth-order valence-electron chi connectivity index (χ4n) is 4.86. The molecule has 1 aromatic carbocycles. The summed E-state index contributed by atoms with van der Waals surface area (Å²) in [6.45, 7) is 3.95. The van der Waals surface area contributed by atoms with Gasteiger partial charge in [0.1, 0.15) is 6.61 Å². The van der Waals surface area contributed by atoms with E-state index in [2.05, 4.69) is 5.32 Å². The highest BCUT2D eigenvalue weighted by atomic mass is 16.5. The monoisotopic (exact) mass is 399 g/mol. The van der Waals surface area contributed by atoms with Crippen molar-refractivity contribution in [2.75, 3.05) is 33.3 Å². The number of hydrogen-bond donors (Lipinski definition) is 1. The Balaban J connectivity index is 1.50. The van der Waals surface area contributed by atoms with Crippen LogP contribution in [0, 0.1) is 12.3 Å². The smallest absolute Gasteiger partial charge is 0.254 e. The molecule has 7 heteroatoms. The van der Waals surface area contributed by atoms with Gasteiger partial charge in [-0.15, -0.1) is 0 Å². The molecule has 3 saturated heterocycles. The SMILES string of the molecule is Cc1ccccc1[C@@H]1[C@@H](C(=O)N2CCC3(CCC(=O)NC3)CC2)OCC(=O)N1C. The Hall–Kier alpha value is -2.41. The number of ether oxygens (including phenoxy) is 1. The molecule has 0 radical (unpaired) electrons. The molecule has 3 aliphatic heterocycles. The quantitative estimate of drug-likeness (QED) is 0.816. The Labute approximate surface area is 171 Å². The van der Waals surface area contributed by atoms with Crippen LogP contribution in [0.15, 0.2) is 24.3 Å². The Morgan fingerprint density at radius 2 is 1.90 bits per heavy atom. The highest BCUT2D eigenvalue weighted by molar-refractivity contribution is 5.86. The Bertz CT molecular complexity index is 804. The number of benzene rings is 1. The highest BCUT2D eigenvalue weighted by Gasteiger charge is 2.45. The summed E-state index contributed by atoms with van der Waals surface area (Å²) < 4.78 is 5.81. The lowest BCUT2D eigenvalue weighted by molar-refractivity contribution is -0.169. The lowest BCUT2D eigenvalue weighted by atomic mass is 9.73. The molecule has 0 saturated carbocycles. The predicted molar refractivity (Wildman–Crippen MR) is 107 cm³/mol. The number of carbonyl (C=O) groups excluding carboxylic acids is 3. The highest BCUT2D eigenvalue weighted by Crippen LogP contribution is 2.39. The summed E-state index contributed by atoms with van der Waals surface area (Å²) >= 11 is 0. The summed E-state index contributed by atoms with van der Waals surface area (Å²) in [5.41, 5.74) is 2.10. The van der Waals surface area contributed by atoms with Gasteiger partial charge in [-0.05, 0) is 42.7 Å². The summed E-state index contributed by atoms with van der Waals surface area (Å²) in [5.74, 6) is -0.0383. The number of carbonyl (C=O) groups is 3. The van der Waals surface area contributed by atoms with Crippen molar-refractivity contribution in [3.8, 4) is 0 Å². The molecule has 7 nitrogen and oxygen atoms in total. The van der Waals surface area contributed by atoms with Crippen molar-refractivity contribution in [3.05, 3.63) is 35.4 Å². The van der Waals surface area contributed by atoms with Crippen molar-refractivity contribution in [1.29, 1.82) is 0 Å². The largest absolute Gasteiger partial charge is 0.356 e. The Kier molecular flexibility index (Phi) is 5.34. The van der Waals surface area contributed by atoms with Gasteiger partial charge in [0.2, 0.25) is 11.8 Å². The number of hydrogen-bond acceptors (Lipinski definition) is 4. The third-order valence-electron chi connectivity index (χ3n) is 6.91. The second-order valence-corrected chi connectivity index (χ2v) is 8.64. The number of nitrogens with zero attached hydrogens (tertiary/aromatic N) is 2. The van der Waals surface area contributed by atoms with Crippen LogP contribution in [0.2, 0.25) is 0 Å². The van der Waals surface area contributed by atoms with E-state index in [1.54, 1.807) is 11.9 Å². The first-order chi connectivity index (χ1) is 13.9. The van der Waals surface area contributed by atoms with E-state index in [1.165, 1.54) is 0 Å². The van der Waals surface area contributed by atoms with E-state index in [9.17, 15) is 14.4 Å². The maximum atomic E-state index is 13.4. The molecule has 29 heavy (non-hydrogen) atoms. The lowest BCUT2D eigenvalue weighted by Crippen LogP contribution is -2.57. The number of likely N-dealkylation sites (tertiary alicyclic amines) is 1. The Morgan fingerprint density at radius 3 is 2.55 bits per heavy atom. The lowest BCUT2D eigenvalue weighted by Gasteiger charge is -2.46. The van der Waals surface area contributed by atoms with Crippen molar-refractivity contribution in [2.45, 2.75) is 44.8 Å². The van der Waals surface area contributed by atoms with Crippen molar-refractivity contribution >= 4 is 17.7 Å². The van der Waals surface area contributed by atoms with Crippen LogP contribution in [0.5, 0.6) is 0 Å². The minimum Gasteiger partial charge on any atom is -0.356 e. The van der Waals surface area contributed by atoms with E-state index in [0.717, 1.165) is 30.4 Å². The van der Waals surface area contributed by atoms with Gasteiger partial charge in [-0.3, -0.25) is 14.4 Å². The van der Waals surface area contributed by atoms with Gasteiger partial charge in [-0.1, -0.05) is 24.3 Å². The van der Waals surface area contributed by atoms with Crippen LogP contribution in [0.3, 0.4) is 0 Å². The molecular formula is C22H29N3O4. The molecule has 2 atom stereocenters. The second-order valence-electron chi connectivity index (χ2n) is 8.64. The molecule has 3 amide bonds. The van der Waals surface area contributed by atoms with E-state index >= 15 is 0 Å². The maximum absolute atomic E-state index is 13.4. The maximum Gasteiger partial charge on any atom is 0.254 e. The van der Waals surface area contributed by atoms with Gasteiger partial charge in [0, 0.05) is 33.1 Å². The van der Waals surface area contributed by atoms with Crippen LogP contribution in [-0.2, 0) is 19.1 Å². The summed E-state index contributed by atoms with van der Waals surface area (Å²) in [6, 6.07) is 7.42. The summed E-state index contributed by atoms with van der Waals surface area (Å²) in [7, 11) is 1.75. The van der Waals surface area contributed by atoms with Gasteiger partial charge in [0.25, 0.3) is 5.91 Å². The van der Waals surface area contributed by atoms with Crippen LogP contribution in [0.1, 0.15) is 42.9 Å². The van der Waals surface area contributed by atoms with E-state index in [1.807, 2.05) is 36.1 Å². The van der Waals surface area contributed by atoms with Gasteiger partial charge >= 0.3 is 0 Å². The number of piperidine rings is 2. The summed E-state index contributed by atoms with van der Waals surface area (Å²) in [5, 5.41) is 2.98. The van der Waals surface area contributed by atoms with Crippen molar-refractivity contribution in [1.82, 2.24) is 15.1 Å². The fraction of sp³-hybridized carbons (Fsp3) is 0.591. The Morgan fingerprint density at radius 1 is 1.17 bits per heavy atom. The second kappa shape index (κ2) is 7.78. The zero-order chi connectivity index (χ0) is 20.6. The molecule has 1 spiro atoms. The van der Waals surface area contributed by atoms with E-state index < -0.39 is 12.1 Å². The molecule has 1 N–H and O–H groups in total. The predicted octanol–water partition coefficient (Wildman–Crippen LogP) is 1.41. The normalized spacial score (nSPS) is 27.1. The zero-order valence-electron chi connectivity index (χ0n) is 17.1. The fourth-order valence-corrected chi connectivity index (χ4v) is 4.86. The van der Waals surface area contributed by atoms with E-state index in [0.29, 0.717) is 26.1 Å². The van der Waals surface area contributed by atoms with Crippen LogP contribution in [-0.4, -0.2) is 66.9 Å². The molecule has 4 rings (SSSR count). The third-order valence-corrected chi connectivity index (χ3v) is 6.91. The van der Waals surface area contributed by atoms with Gasteiger partial charge in [-0.2, -0.15) is 0 Å². The molecule has 0 unspecified atom stereocenters. The number of rotatable bonds is 2. The number of nitrogens with one attached hydrogen (secondary N) is 1. The van der Waals surface area contributed by atoms with Crippen LogP contribution >= 0.6 is 0 Å². The third kappa shape index (κ3) is 3.75. The molecule has 3 heterocycles. The van der Waals surface area contributed by atoms with Crippen molar-refractivity contribution < 1.29 is 19.1 Å². The van der Waals surface area contributed by atoms with Crippen molar-refractivity contribution in [3.63, 3.8) is 0 Å². The molecule has 0 aliphatic carbocycles. The summed E-state index contributed by atoms with van der Waals surface area (Å²) in [4.78, 5) is 40.7. The summed E-state index contributed by atoms with van der Waals surface area (Å²) in [6.07, 6.45) is 2.54. The van der Waals surface area contributed by atoms with Gasteiger partial charge in [0.15, 0.2) is 6.10 Å². The number of morpholine rings is 1. The number of amides is 3. The molecular weight excluding hydrogens is 370 g/mol. The van der Waals surface area contributed by atoms with Crippen LogP contribution in [0.25, 0.3) is 0 Å². The van der Waals surface area contributed by atoms with Crippen molar-refractivity contribution in [2.24, 2.45) is 5.41 Å². The first-order valence-corrected chi connectivity index (χ1v) is 10.4. The van der Waals surface area contributed by atoms with Gasteiger partial charge in [-0.25, -0.2) is 0 Å². The van der Waals surface area contributed by atoms with Crippen LogP contribution in [0.4, 0.5) is 0 Å². The number of aryl methyl sites for hydroxylation is 1. The van der Waals surface area contributed by atoms with E-state index in [-0.39, 0.29) is 29.7 Å². The minimum absolute atomic E-state index is 0.0488. The van der Waals surface area contributed by atoms with E-state index in [4.69, 9.17) is 4.74 Å². The molecule has 156 valence electrons. The molecule has 3 fully saturated rings. The minimum atomic E-state index is -0.695. The first-order valence-electron chi connectivity index (χ1n) is 10.4. The van der Waals surface area contributed by atoms with Gasteiger partial charge < -0.3 is 19.9 Å². The average Bonchev–Trinajstić information content (AvgIpc) is 2.73. The number of likely N-dealkylation sites (N-methyl/N-ethyl adjacent to an activating group) is 1. The molecule has 0 bridgehead atoms. The first kappa shape index (κ1) is 19.9. The molecule has 0 aromatic heterocycles. The zero-order valence-corrected chi connectivity index (χ0v) is 17.1. The molecule has 3 aliphatic rings.